The molecule has 0 bridgehead atoms. The minimum atomic E-state index is -0.713. The minimum absolute atomic E-state index is 0.0424. The van der Waals surface area contributed by atoms with E-state index in [0.717, 1.165) is 12.8 Å². The van der Waals surface area contributed by atoms with Crippen LogP contribution in [0.3, 0.4) is 0 Å². The van der Waals surface area contributed by atoms with Crippen LogP contribution in [-0.2, 0) is 23.9 Å². The van der Waals surface area contributed by atoms with E-state index in [0.29, 0.717) is 23.5 Å². The van der Waals surface area contributed by atoms with E-state index in [1.165, 1.54) is 29.2 Å². The normalized spacial score (nSPS) is 15.3. The summed E-state index contributed by atoms with van der Waals surface area (Å²) >= 11 is 0. The van der Waals surface area contributed by atoms with E-state index in [-0.39, 0.29) is 18.9 Å². The topological polar surface area (TPSA) is 102 Å². The van der Waals surface area contributed by atoms with Crippen molar-refractivity contribution in [3.8, 4) is 0 Å². The number of rotatable bonds is 9. The van der Waals surface area contributed by atoms with Gasteiger partial charge in [-0.25, -0.2) is 9.18 Å². The molecule has 0 aliphatic carbocycles. The van der Waals surface area contributed by atoms with E-state index < -0.39 is 36.2 Å². The molecule has 1 fully saturated rings. The van der Waals surface area contributed by atoms with Crippen molar-refractivity contribution in [2.24, 2.45) is 5.92 Å². The highest BCUT2D eigenvalue weighted by Gasteiger charge is 2.36. The van der Waals surface area contributed by atoms with E-state index in [9.17, 15) is 23.6 Å². The molecular formula is C24H25FN2O6. The number of unbranched alkanes of at least 4 members (excludes halogenated alkanes) is 1. The molecule has 2 amide bonds. The van der Waals surface area contributed by atoms with Gasteiger partial charge in [0, 0.05) is 24.3 Å². The van der Waals surface area contributed by atoms with Crippen LogP contribution in [0.25, 0.3) is 0 Å². The molecule has 1 saturated heterocycles. The lowest BCUT2D eigenvalue weighted by atomic mass is 10.1. The molecule has 2 aromatic carbocycles. The van der Waals surface area contributed by atoms with Crippen molar-refractivity contribution in [1.29, 1.82) is 0 Å². The van der Waals surface area contributed by atoms with E-state index >= 15 is 0 Å². The number of halogens is 1. The summed E-state index contributed by atoms with van der Waals surface area (Å²) < 4.78 is 23.1. The van der Waals surface area contributed by atoms with Crippen LogP contribution in [0.4, 0.5) is 15.8 Å². The minimum Gasteiger partial charge on any atom is -0.462 e. The Morgan fingerprint density at radius 2 is 1.76 bits per heavy atom. The van der Waals surface area contributed by atoms with Crippen LogP contribution in [0.15, 0.2) is 48.5 Å². The first-order chi connectivity index (χ1) is 15.9. The predicted molar refractivity (Wildman–Crippen MR) is 118 cm³/mol. The van der Waals surface area contributed by atoms with E-state index in [1.54, 1.807) is 24.3 Å². The van der Waals surface area contributed by atoms with Gasteiger partial charge in [0.25, 0.3) is 5.91 Å². The van der Waals surface area contributed by atoms with Crippen LogP contribution in [-0.4, -0.2) is 43.5 Å². The first kappa shape index (κ1) is 23.9. The third-order valence-electron chi connectivity index (χ3n) is 5.08. The van der Waals surface area contributed by atoms with Gasteiger partial charge < -0.3 is 19.7 Å². The van der Waals surface area contributed by atoms with Crippen LogP contribution >= 0.6 is 0 Å². The maximum Gasteiger partial charge on any atom is 0.338 e. The van der Waals surface area contributed by atoms with Crippen LogP contribution < -0.4 is 10.2 Å². The number of anilines is 2. The van der Waals surface area contributed by atoms with Crippen molar-refractivity contribution in [2.45, 2.75) is 26.2 Å². The smallest absolute Gasteiger partial charge is 0.338 e. The van der Waals surface area contributed by atoms with E-state index in [2.05, 4.69) is 5.32 Å². The molecule has 0 saturated carbocycles. The van der Waals surface area contributed by atoms with Gasteiger partial charge in [0.05, 0.1) is 18.1 Å². The van der Waals surface area contributed by atoms with Crippen molar-refractivity contribution in [3.05, 3.63) is 59.9 Å². The zero-order valence-electron chi connectivity index (χ0n) is 18.2. The van der Waals surface area contributed by atoms with Gasteiger partial charge in [-0.15, -0.1) is 0 Å². The second kappa shape index (κ2) is 11.2. The van der Waals surface area contributed by atoms with Gasteiger partial charge in [0.1, 0.15) is 5.82 Å². The molecule has 9 heteroatoms. The number of hydrogen-bond acceptors (Lipinski definition) is 6. The summed E-state index contributed by atoms with van der Waals surface area (Å²) in [6.45, 7) is 1.95. The summed E-state index contributed by atoms with van der Waals surface area (Å²) in [7, 11) is 0. The van der Waals surface area contributed by atoms with Crippen molar-refractivity contribution in [2.75, 3.05) is 30.0 Å². The molecule has 0 aromatic heterocycles. The number of amides is 2. The SMILES string of the molecule is CCCCOC(=O)c1ccc(N2C[C@@H](C(=O)OCC(=O)Nc3ccc(F)cc3)CC2=O)cc1. The number of carbonyl (C=O) groups is 4. The van der Waals surface area contributed by atoms with Gasteiger partial charge in [-0.2, -0.15) is 0 Å². The summed E-state index contributed by atoms with van der Waals surface area (Å²) in [4.78, 5) is 50.1. The highest BCUT2D eigenvalue weighted by atomic mass is 19.1. The zero-order valence-corrected chi connectivity index (χ0v) is 18.2. The molecule has 0 spiro atoms. The fraction of sp³-hybridized carbons (Fsp3) is 0.333. The van der Waals surface area contributed by atoms with Crippen molar-refractivity contribution >= 4 is 35.1 Å². The van der Waals surface area contributed by atoms with Gasteiger partial charge in [-0.05, 0) is 55.0 Å². The molecule has 8 nitrogen and oxygen atoms in total. The average Bonchev–Trinajstić information content (AvgIpc) is 3.21. The van der Waals surface area contributed by atoms with Gasteiger partial charge in [-0.1, -0.05) is 13.3 Å². The third kappa shape index (κ3) is 6.61. The number of esters is 2. The Hall–Kier alpha value is -3.75. The molecule has 1 heterocycles. The monoisotopic (exact) mass is 456 g/mol. The number of nitrogens with zero attached hydrogens (tertiary/aromatic N) is 1. The number of benzene rings is 2. The molecule has 1 N–H and O–H groups in total. The summed E-state index contributed by atoms with van der Waals surface area (Å²) in [5, 5.41) is 2.49. The first-order valence-electron chi connectivity index (χ1n) is 10.7. The van der Waals surface area contributed by atoms with Gasteiger partial charge in [-0.3, -0.25) is 14.4 Å². The number of nitrogens with one attached hydrogen (secondary N) is 1. The second-order valence-electron chi connectivity index (χ2n) is 7.60. The van der Waals surface area contributed by atoms with Crippen LogP contribution in [0.2, 0.25) is 0 Å². The molecule has 1 atom stereocenters. The fourth-order valence-electron chi connectivity index (χ4n) is 3.27. The van der Waals surface area contributed by atoms with Gasteiger partial charge in [0.2, 0.25) is 5.91 Å². The Balaban J connectivity index is 1.49. The largest absolute Gasteiger partial charge is 0.462 e. The fourth-order valence-corrected chi connectivity index (χ4v) is 3.27. The highest BCUT2D eigenvalue weighted by Crippen LogP contribution is 2.26. The van der Waals surface area contributed by atoms with Crippen molar-refractivity contribution in [3.63, 3.8) is 0 Å². The molecule has 174 valence electrons. The molecule has 1 aliphatic rings. The Morgan fingerprint density at radius 1 is 1.06 bits per heavy atom. The second-order valence-corrected chi connectivity index (χ2v) is 7.60. The van der Waals surface area contributed by atoms with Crippen LogP contribution in [0, 0.1) is 11.7 Å². The Labute approximate surface area is 190 Å². The lowest BCUT2D eigenvalue weighted by Crippen LogP contribution is -2.28. The highest BCUT2D eigenvalue weighted by molar-refractivity contribution is 6.00. The van der Waals surface area contributed by atoms with Gasteiger partial charge in [0.15, 0.2) is 6.61 Å². The van der Waals surface area contributed by atoms with Gasteiger partial charge >= 0.3 is 11.9 Å². The Kier molecular flexibility index (Phi) is 8.12. The maximum atomic E-state index is 12.9. The quantitative estimate of drug-likeness (QED) is 0.459. The number of ether oxygens (including phenoxy) is 2. The molecule has 3 rings (SSSR count). The summed E-state index contributed by atoms with van der Waals surface area (Å²) in [6.07, 6.45) is 1.67. The standard InChI is InChI=1S/C24H25FN2O6/c1-2-3-12-32-23(30)16-4-10-20(11-5-16)27-14-17(13-22(27)29)24(31)33-15-21(28)26-19-8-6-18(25)7-9-19/h4-11,17H,2-3,12-15H2,1H3,(H,26,28)/t17-/m0/s1. The Bertz CT molecular complexity index is 1010. The maximum absolute atomic E-state index is 12.9. The van der Waals surface area contributed by atoms with E-state index in [1.807, 2.05) is 6.92 Å². The summed E-state index contributed by atoms with van der Waals surface area (Å²) in [6, 6.07) is 11.6. The number of hydrogen-bond donors (Lipinski definition) is 1. The third-order valence-corrected chi connectivity index (χ3v) is 5.08. The number of carbonyl (C=O) groups excluding carboxylic acids is 4. The van der Waals surface area contributed by atoms with Crippen molar-refractivity contribution < 1.29 is 33.0 Å². The molecular weight excluding hydrogens is 431 g/mol. The van der Waals surface area contributed by atoms with Crippen molar-refractivity contribution in [1.82, 2.24) is 0 Å². The molecule has 33 heavy (non-hydrogen) atoms. The summed E-state index contributed by atoms with van der Waals surface area (Å²) in [5.41, 5.74) is 1.30. The zero-order chi connectivity index (χ0) is 23.8. The summed E-state index contributed by atoms with van der Waals surface area (Å²) in [5.74, 6) is -3.06. The molecule has 0 radical (unpaired) electrons. The lowest BCUT2D eigenvalue weighted by molar-refractivity contribution is -0.151. The average molecular weight is 456 g/mol. The molecule has 0 unspecified atom stereocenters. The molecule has 1 aliphatic heterocycles. The first-order valence-corrected chi connectivity index (χ1v) is 10.7. The lowest BCUT2D eigenvalue weighted by Gasteiger charge is -2.17. The Morgan fingerprint density at radius 3 is 2.42 bits per heavy atom. The predicted octanol–water partition coefficient (Wildman–Crippen LogP) is 3.32. The van der Waals surface area contributed by atoms with Crippen LogP contribution in [0.5, 0.6) is 0 Å². The van der Waals surface area contributed by atoms with Crippen LogP contribution in [0.1, 0.15) is 36.5 Å². The van der Waals surface area contributed by atoms with E-state index in [4.69, 9.17) is 9.47 Å². The molecule has 2 aromatic rings.